The van der Waals surface area contributed by atoms with Crippen molar-refractivity contribution in [1.29, 1.82) is 0 Å². The quantitative estimate of drug-likeness (QED) is 0.0485. The molecule has 0 saturated heterocycles. The van der Waals surface area contributed by atoms with Gasteiger partial charge in [0.1, 0.15) is 23.7 Å². The molecule has 14 heteroatoms. The van der Waals surface area contributed by atoms with E-state index in [9.17, 15) is 19.2 Å². The molecule has 0 aliphatic rings. The number of unbranched alkanes of at least 4 members (excludes halogenated alkanes) is 2. The molecule has 4 amide bonds. The molecule has 0 aliphatic carbocycles. The van der Waals surface area contributed by atoms with E-state index < -0.39 is 24.3 Å². The van der Waals surface area contributed by atoms with Crippen molar-refractivity contribution in [3.05, 3.63) is 84.7 Å². The molecule has 1 unspecified atom stereocenters. The first kappa shape index (κ1) is 43.0. The Morgan fingerprint density at radius 1 is 0.621 bits per heavy atom. The number of carbonyl (C=O) groups is 4. The van der Waals surface area contributed by atoms with Crippen molar-refractivity contribution in [2.24, 2.45) is 11.8 Å². The number of ether oxygens (including phenoxy) is 2. The molecule has 0 spiro atoms. The summed E-state index contributed by atoms with van der Waals surface area (Å²) >= 11 is 0. The van der Waals surface area contributed by atoms with Gasteiger partial charge in [-0.2, -0.15) is 0 Å². The summed E-state index contributed by atoms with van der Waals surface area (Å²) in [4.78, 5) is 64.6. The van der Waals surface area contributed by atoms with E-state index >= 15 is 0 Å². The van der Waals surface area contributed by atoms with E-state index in [-0.39, 0.29) is 23.7 Å². The van der Waals surface area contributed by atoms with E-state index in [4.69, 9.17) is 0 Å². The second kappa shape index (κ2) is 20.8. The molecule has 5 aromatic rings. The zero-order valence-electron chi connectivity index (χ0n) is 34.2. The topological polar surface area (TPSA) is 192 Å². The molecule has 0 fully saturated rings. The van der Waals surface area contributed by atoms with E-state index in [2.05, 4.69) is 111 Å². The van der Waals surface area contributed by atoms with Gasteiger partial charge < -0.3 is 40.7 Å². The van der Waals surface area contributed by atoms with Crippen LogP contribution in [0.25, 0.3) is 44.4 Å². The smallest absolute Gasteiger partial charge is 0.407 e. The number of hydrogen-bond acceptors (Lipinski definition) is 8. The van der Waals surface area contributed by atoms with Gasteiger partial charge in [0.25, 0.3) is 0 Å². The first-order valence-corrected chi connectivity index (χ1v) is 19.9. The van der Waals surface area contributed by atoms with E-state index in [1.54, 1.807) is 0 Å². The highest BCUT2D eigenvalue weighted by Crippen LogP contribution is 2.33. The lowest BCUT2D eigenvalue weighted by atomic mass is 9.95. The molecule has 58 heavy (non-hydrogen) atoms. The molecule has 6 N–H and O–H groups in total. The standard InChI is InChI=1S/C44H56N8O6/c1-27(2)39(51-43(55)57-5)41(53)45-21-9-7-17-37-47-25-35(49-37)31-15-11-13-29(23-31)33-16-12-14-30-24-32(19-20-34(30)33)36-26-48-38(50-36)18-8-10-22-46-42(54)40(28(3)4)52-44(56)58-6/h11-16,19-20,23-28,39-40H,7-10,17-18,21-22H2,1-6H3,(H,45,53)(H,46,54)(H,47,49)(H,48,50)(H,51,55)(H,52,56)/t39?,40-/m0/s1. The molecule has 0 saturated carbocycles. The Bertz CT molecular complexity index is 2160. The van der Waals surface area contributed by atoms with Crippen LogP contribution in [0, 0.1) is 11.8 Å². The number of nitrogens with zero attached hydrogens (tertiary/aromatic N) is 2. The Morgan fingerprint density at radius 2 is 1.12 bits per heavy atom. The number of benzene rings is 3. The van der Waals surface area contributed by atoms with Gasteiger partial charge in [0, 0.05) is 37.1 Å². The monoisotopic (exact) mass is 792 g/mol. The molecule has 0 radical (unpaired) electrons. The molecule has 5 rings (SSSR count). The Hall–Kier alpha value is -6.18. The summed E-state index contributed by atoms with van der Waals surface area (Å²) in [7, 11) is 2.55. The Balaban J connectivity index is 1.13. The molecule has 2 heterocycles. The van der Waals surface area contributed by atoms with Crippen LogP contribution in [0.2, 0.25) is 0 Å². The zero-order valence-corrected chi connectivity index (χ0v) is 34.2. The number of imidazole rings is 2. The third-order valence-electron chi connectivity index (χ3n) is 10.0. The number of carbonyl (C=O) groups excluding carboxylic acids is 4. The first-order chi connectivity index (χ1) is 28.0. The third kappa shape index (κ3) is 11.7. The highest BCUT2D eigenvalue weighted by molar-refractivity contribution is 5.99. The van der Waals surface area contributed by atoms with Gasteiger partial charge in [-0.3, -0.25) is 9.59 Å². The summed E-state index contributed by atoms with van der Waals surface area (Å²) in [6.45, 7) is 8.49. The summed E-state index contributed by atoms with van der Waals surface area (Å²) in [6, 6.07) is 19.9. The molecule has 0 bridgehead atoms. The van der Waals surface area contributed by atoms with Gasteiger partial charge in [-0.15, -0.1) is 0 Å². The SMILES string of the molecule is COC(=O)NC(C(=O)NCCCCc1ncc(-c2cccc(-c3cccc4cc(-c5cnc(CCCCNC(=O)[C@@H](NC(=O)OC)C(C)C)[nH]5)ccc34)c2)[nH]1)C(C)C. The number of nitrogens with one attached hydrogen (secondary N) is 6. The summed E-state index contributed by atoms with van der Waals surface area (Å²) in [6.07, 6.45) is 7.18. The van der Waals surface area contributed by atoms with Crippen molar-refractivity contribution in [3.63, 3.8) is 0 Å². The minimum atomic E-state index is -0.652. The van der Waals surface area contributed by atoms with Crippen molar-refractivity contribution in [3.8, 4) is 33.6 Å². The van der Waals surface area contributed by atoms with E-state index in [1.807, 2.05) is 40.1 Å². The van der Waals surface area contributed by atoms with Crippen LogP contribution in [0.1, 0.15) is 65.0 Å². The highest BCUT2D eigenvalue weighted by atomic mass is 16.5. The zero-order chi connectivity index (χ0) is 41.6. The van der Waals surface area contributed by atoms with Gasteiger partial charge in [0.05, 0.1) is 38.0 Å². The number of hydrogen-bond donors (Lipinski definition) is 6. The third-order valence-corrected chi connectivity index (χ3v) is 10.0. The lowest BCUT2D eigenvalue weighted by Gasteiger charge is -2.20. The maximum Gasteiger partial charge on any atom is 0.407 e. The predicted octanol–water partition coefficient (Wildman–Crippen LogP) is 6.93. The fourth-order valence-electron chi connectivity index (χ4n) is 6.75. The number of aryl methyl sites for hydroxylation is 2. The number of rotatable bonds is 19. The lowest BCUT2D eigenvalue weighted by molar-refractivity contribution is -0.124. The van der Waals surface area contributed by atoms with Crippen LogP contribution in [0.3, 0.4) is 0 Å². The minimum Gasteiger partial charge on any atom is -0.453 e. The largest absolute Gasteiger partial charge is 0.453 e. The van der Waals surface area contributed by atoms with E-state index in [1.165, 1.54) is 14.2 Å². The molecular weight excluding hydrogens is 737 g/mol. The maximum atomic E-state index is 12.6. The number of amides is 4. The van der Waals surface area contributed by atoms with Crippen LogP contribution in [-0.4, -0.2) is 83.3 Å². The molecule has 14 nitrogen and oxygen atoms in total. The van der Waals surface area contributed by atoms with Crippen molar-refractivity contribution < 1.29 is 28.7 Å². The molecule has 2 aromatic heterocycles. The van der Waals surface area contributed by atoms with Crippen molar-refractivity contribution in [1.82, 2.24) is 41.2 Å². The van der Waals surface area contributed by atoms with Crippen LogP contribution in [0.4, 0.5) is 9.59 Å². The summed E-state index contributed by atoms with van der Waals surface area (Å²) < 4.78 is 9.29. The van der Waals surface area contributed by atoms with Crippen molar-refractivity contribution in [2.45, 2.75) is 78.3 Å². The fourth-order valence-corrected chi connectivity index (χ4v) is 6.75. The second-order valence-electron chi connectivity index (χ2n) is 15.0. The Morgan fingerprint density at radius 3 is 1.64 bits per heavy atom. The summed E-state index contributed by atoms with van der Waals surface area (Å²) in [5.74, 6) is 1.18. The molecular formula is C44H56N8O6. The molecule has 308 valence electrons. The van der Waals surface area contributed by atoms with Crippen LogP contribution >= 0.6 is 0 Å². The highest BCUT2D eigenvalue weighted by Gasteiger charge is 2.25. The predicted molar refractivity (Wildman–Crippen MR) is 225 cm³/mol. The normalized spacial score (nSPS) is 12.3. The number of methoxy groups -OCH3 is 2. The van der Waals surface area contributed by atoms with Gasteiger partial charge in [-0.1, -0.05) is 76.2 Å². The molecule has 3 aromatic carbocycles. The Kier molecular flexibility index (Phi) is 15.4. The first-order valence-electron chi connectivity index (χ1n) is 19.9. The summed E-state index contributed by atoms with van der Waals surface area (Å²) in [5, 5.41) is 13.3. The van der Waals surface area contributed by atoms with Gasteiger partial charge in [0.15, 0.2) is 0 Å². The van der Waals surface area contributed by atoms with Gasteiger partial charge >= 0.3 is 12.2 Å². The van der Waals surface area contributed by atoms with Gasteiger partial charge in [-0.05, 0) is 71.6 Å². The maximum absolute atomic E-state index is 12.6. The molecule has 2 atom stereocenters. The second-order valence-corrected chi connectivity index (χ2v) is 15.0. The minimum absolute atomic E-state index is 0.0704. The van der Waals surface area contributed by atoms with Gasteiger partial charge in [0.2, 0.25) is 11.8 Å². The average Bonchev–Trinajstić information content (AvgIpc) is 3.91. The van der Waals surface area contributed by atoms with Crippen molar-refractivity contribution in [2.75, 3.05) is 27.3 Å². The summed E-state index contributed by atoms with van der Waals surface area (Å²) in [5.41, 5.74) is 6.20. The average molecular weight is 793 g/mol. The number of aromatic nitrogens is 4. The number of alkyl carbamates (subject to hydrolysis) is 2. The van der Waals surface area contributed by atoms with Crippen LogP contribution in [0.5, 0.6) is 0 Å². The Labute approximate surface area is 339 Å². The number of H-pyrrole nitrogens is 2. The van der Waals surface area contributed by atoms with E-state index in [0.717, 1.165) is 94.6 Å². The van der Waals surface area contributed by atoms with Crippen molar-refractivity contribution >= 4 is 34.8 Å². The van der Waals surface area contributed by atoms with Crippen LogP contribution < -0.4 is 21.3 Å². The number of fused-ring (bicyclic) bond motifs is 1. The van der Waals surface area contributed by atoms with E-state index in [0.29, 0.717) is 13.1 Å². The fraction of sp³-hybridized carbons (Fsp3) is 0.409. The van der Waals surface area contributed by atoms with Crippen LogP contribution in [-0.2, 0) is 31.9 Å². The van der Waals surface area contributed by atoms with Crippen LogP contribution in [0.15, 0.2) is 73.1 Å². The number of aromatic amines is 2. The lowest BCUT2D eigenvalue weighted by Crippen LogP contribution is -2.49. The van der Waals surface area contributed by atoms with Gasteiger partial charge in [-0.25, -0.2) is 19.6 Å². The molecule has 0 aliphatic heterocycles.